The smallest absolute Gasteiger partial charge is 0.335 e. The lowest BCUT2D eigenvalue weighted by atomic mass is 10.0. The number of aryl methyl sites for hydroxylation is 1. The molecule has 0 bridgehead atoms. The van der Waals surface area contributed by atoms with Gasteiger partial charge >= 0.3 is 6.03 Å². The lowest BCUT2D eigenvalue weighted by Gasteiger charge is -2.28. The van der Waals surface area contributed by atoms with Crippen LogP contribution < -0.4 is 15.0 Å². The van der Waals surface area contributed by atoms with Crippen LogP contribution in [0.25, 0.3) is 6.08 Å². The number of carbonyl (C=O) groups is 3. The van der Waals surface area contributed by atoms with Crippen LogP contribution >= 0.6 is 15.9 Å². The minimum Gasteiger partial charge on any atom is -0.496 e. The molecule has 34 heavy (non-hydrogen) atoms. The van der Waals surface area contributed by atoms with Gasteiger partial charge in [-0.05, 0) is 52.9 Å². The second kappa shape index (κ2) is 10.1. The van der Waals surface area contributed by atoms with Crippen molar-refractivity contribution in [2.45, 2.75) is 19.8 Å². The number of rotatable bonds is 6. The summed E-state index contributed by atoms with van der Waals surface area (Å²) in [4.78, 5) is 39.4. The minimum absolute atomic E-state index is 0.119. The van der Waals surface area contributed by atoms with Gasteiger partial charge < -0.3 is 4.74 Å². The first-order valence-corrected chi connectivity index (χ1v) is 11.6. The number of hydrogen-bond acceptors (Lipinski definition) is 4. The number of benzene rings is 3. The SMILES string of the molecule is CCc1ccccc1N1C(=O)NC(=O)/C(=C/c2ccc(Cc3ccccc3Br)c(OC)c2)C1=O. The van der Waals surface area contributed by atoms with Gasteiger partial charge in [0.2, 0.25) is 0 Å². The first-order valence-electron chi connectivity index (χ1n) is 10.8. The van der Waals surface area contributed by atoms with Crippen LogP contribution in [0.15, 0.2) is 76.8 Å². The van der Waals surface area contributed by atoms with Crippen LogP contribution in [-0.4, -0.2) is 25.0 Å². The van der Waals surface area contributed by atoms with E-state index in [1.165, 1.54) is 6.08 Å². The summed E-state index contributed by atoms with van der Waals surface area (Å²) in [5.74, 6) is -0.750. The van der Waals surface area contributed by atoms with E-state index in [1.807, 2.05) is 55.5 Å². The zero-order chi connectivity index (χ0) is 24.2. The molecule has 1 fully saturated rings. The van der Waals surface area contributed by atoms with E-state index in [9.17, 15) is 14.4 Å². The Balaban J connectivity index is 1.68. The fraction of sp³-hybridized carbons (Fsp3) is 0.148. The number of para-hydroxylation sites is 1. The van der Waals surface area contributed by atoms with Crippen molar-refractivity contribution in [1.82, 2.24) is 5.32 Å². The summed E-state index contributed by atoms with van der Waals surface area (Å²) in [7, 11) is 1.58. The molecule has 1 heterocycles. The number of anilines is 1. The molecule has 1 aliphatic rings. The fourth-order valence-corrected chi connectivity index (χ4v) is 4.34. The van der Waals surface area contributed by atoms with Gasteiger partial charge in [0.1, 0.15) is 11.3 Å². The third-order valence-corrected chi connectivity index (χ3v) is 6.45. The van der Waals surface area contributed by atoms with Gasteiger partial charge in [-0.15, -0.1) is 0 Å². The number of nitrogens with one attached hydrogen (secondary N) is 1. The summed E-state index contributed by atoms with van der Waals surface area (Å²) < 4.78 is 6.59. The van der Waals surface area contributed by atoms with Crippen molar-refractivity contribution in [2.75, 3.05) is 12.0 Å². The zero-order valence-electron chi connectivity index (χ0n) is 18.8. The lowest BCUT2D eigenvalue weighted by Crippen LogP contribution is -2.54. The second-order valence-electron chi connectivity index (χ2n) is 7.78. The molecule has 0 aliphatic carbocycles. The highest BCUT2D eigenvalue weighted by atomic mass is 79.9. The predicted octanol–water partition coefficient (Wildman–Crippen LogP) is 5.28. The maximum absolute atomic E-state index is 13.3. The molecule has 0 aromatic heterocycles. The highest BCUT2D eigenvalue weighted by Crippen LogP contribution is 2.29. The quantitative estimate of drug-likeness (QED) is 0.356. The molecule has 172 valence electrons. The van der Waals surface area contributed by atoms with Crippen molar-refractivity contribution < 1.29 is 19.1 Å². The van der Waals surface area contributed by atoms with Gasteiger partial charge in [-0.2, -0.15) is 0 Å². The second-order valence-corrected chi connectivity index (χ2v) is 8.63. The van der Waals surface area contributed by atoms with Gasteiger partial charge in [0.05, 0.1) is 12.8 Å². The average molecular weight is 519 g/mol. The number of imide groups is 2. The van der Waals surface area contributed by atoms with E-state index in [0.29, 0.717) is 29.8 Å². The predicted molar refractivity (Wildman–Crippen MR) is 135 cm³/mol. The fourth-order valence-electron chi connectivity index (χ4n) is 3.91. The summed E-state index contributed by atoms with van der Waals surface area (Å²) in [6.45, 7) is 1.94. The van der Waals surface area contributed by atoms with Crippen LogP contribution in [0, 0.1) is 0 Å². The van der Waals surface area contributed by atoms with Crippen molar-refractivity contribution in [2.24, 2.45) is 0 Å². The van der Waals surface area contributed by atoms with Crippen molar-refractivity contribution in [1.29, 1.82) is 0 Å². The third kappa shape index (κ3) is 4.65. The Labute approximate surface area is 206 Å². The Bertz CT molecular complexity index is 1320. The Hall–Kier alpha value is -3.71. The number of carbonyl (C=O) groups excluding carboxylic acids is 3. The zero-order valence-corrected chi connectivity index (χ0v) is 20.4. The number of amides is 4. The minimum atomic E-state index is -0.755. The van der Waals surface area contributed by atoms with Gasteiger partial charge in [-0.3, -0.25) is 14.9 Å². The Morgan fingerprint density at radius 2 is 1.65 bits per heavy atom. The maximum atomic E-state index is 13.3. The van der Waals surface area contributed by atoms with Gasteiger partial charge in [-0.1, -0.05) is 71.4 Å². The van der Waals surface area contributed by atoms with E-state index in [-0.39, 0.29) is 5.57 Å². The number of ether oxygens (including phenoxy) is 1. The molecule has 4 rings (SSSR count). The summed E-state index contributed by atoms with van der Waals surface area (Å²) in [6, 6.07) is 19.8. The van der Waals surface area contributed by atoms with E-state index < -0.39 is 17.8 Å². The number of hydrogen-bond donors (Lipinski definition) is 1. The Morgan fingerprint density at radius 1 is 0.941 bits per heavy atom. The largest absolute Gasteiger partial charge is 0.496 e. The molecule has 6 nitrogen and oxygen atoms in total. The lowest BCUT2D eigenvalue weighted by molar-refractivity contribution is -0.122. The molecule has 0 spiro atoms. The van der Waals surface area contributed by atoms with Crippen LogP contribution in [-0.2, 0) is 22.4 Å². The van der Waals surface area contributed by atoms with Crippen molar-refractivity contribution in [3.05, 3.63) is 99.0 Å². The highest BCUT2D eigenvalue weighted by molar-refractivity contribution is 9.10. The molecule has 3 aromatic carbocycles. The first-order chi connectivity index (χ1) is 16.4. The number of methoxy groups -OCH3 is 1. The molecule has 1 aliphatic heterocycles. The summed E-state index contributed by atoms with van der Waals surface area (Å²) in [6.07, 6.45) is 2.77. The van der Waals surface area contributed by atoms with Gasteiger partial charge in [0.15, 0.2) is 0 Å². The van der Waals surface area contributed by atoms with Crippen LogP contribution in [0.1, 0.15) is 29.2 Å². The van der Waals surface area contributed by atoms with Crippen LogP contribution in [0.2, 0.25) is 0 Å². The number of urea groups is 1. The monoisotopic (exact) mass is 518 g/mol. The molecule has 7 heteroatoms. The van der Waals surface area contributed by atoms with E-state index in [0.717, 1.165) is 26.1 Å². The summed E-state index contributed by atoms with van der Waals surface area (Å²) in [5, 5.41) is 2.28. The molecule has 1 saturated heterocycles. The van der Waals surface area contributed by atoms with Crippen LogP contribution in [0.3, 0.4) is 0 Å². The van der Waals surface area contributed by atoms with E-state index in [4.69, 9.17) is 4.74 Å². The van der Waals surface area contributed by atoms with Gasteiger partial charge in [0.25, 0.3) is 11.8 Å². The van der Waals surface area contributed by atoms with E-state index >= 15 is 0 Å². The normalized spacial score (nSPS) is 15.0. The molecule has 0 unspecified atom stereocenters. The van der Waals surface area contributed by atoms with E-state index in [2.05, 4.69) is 21.2 Å². The van der Waals surface area contributed by atoms with Crippen molar-refractivity contribution in [3.63, 3.8) is 0 Å². The summed E-state index contributed by atoms with van der Waals surface area (Å²) >= 11 is 3.57. The number of halogens is 1. The molecule has 0 saturated carbocycles. The number of barbiturate groups is 1. The molecule has 1 N–H and O–H groups in total. The maximum Gasteiger partial charge on any atom is 0.335 e. The summed E-state index contributed by atoms with van der Waals surface area (Å²) in [5.41, 5.74) is 3.86. The van der Waals surface area contributed by atoms with E-state index in [1.54, 1.807) is 25.3 Å². The van der Waals surface area contributed by atoms with Gasteiger partial charge in [0, 0.05) is 10.9 Å². The van der Waals surface area contributed by atoms with Gasteiger partial charge in [-0.25, -0.2) is 9.69 Å². The van der Waals surface area contributed by atoms with Crippen molar-refractivity contribution in [3.8, 4) is 5.75 Å². The highest BCUT2D eigenvalue weighted by Gasteiger charge is 2.37. The molecular formula is C27H23BrN2O4. The third-order valence-electron chi connectivity index (χ3n) is 5.68. The Kier molecular flexibility index (Phi) is 6.93. The standard InChI is InChI=1S/C27H23BrN2O4/c1-3-18-8-5-7-11-23(18)30-26(32)21(25(31)29-27(30)33)14-17-12-13-20(24(15-17)34-2)16-19-9-4-6-10-22(19)28/h4-15H,3,16H2,1-2H3,(H,29,31,33)/b21-14-. The first kappa shape index (κ1) is 23.4. The molecular weight excluding hydrogens is 496 g/mol. The van der Waals surface area contributed by atoms with Crippen molar-refractivity contribution >= 4 is 45.5 Å². The topological polar surface area (TPSA) is 75.7 Å². The number of nitrogens with zero attached hydrogens (tertiary/aromatic N) is 1. The molecule has 0 radical (unpaired) electrons. The van der Waals surface area contributed by atoms with Crippen LogP contribution in [0.5, 0.6) is 5.75 Å². The molecule has 4 amide bonds. The molecule has 3 aromatic rings. The average Bonchev–Trinajstić information content (AvgIpc) is 2.84. The van der Waals surface area contributed by atoms with Crippen LogP contribution in [0.4, 0.5) is 10.5 Å². The molecule has 0 atom stereocenters. The Morgan fingerprint density at radius 3 is 2.35 bits per heavy atom.